The summed E-state index contributed by atoms with van der Waals surface area (Å²) in [6.07, 6.45) is 3.43. The Labute approximate surface area is 198 Å². The minimum Gasteiger partial charge on any atom is -0.486 e. The number of rotatable bonds is 3. The van der Waals surface area contributed by atoms with E-state index >= 15 is 0 Å². The highest BCUT2D eigenvalue weighted by Crippen LogP contribution is 2.41. The van der Waals surface area contributed by atoms with Crippen molar-refractivity contribution in [2.45, 2.75) is 51.6 Å². The van der Waals surface area contributed by atoms with Gasteiger partial charge in [0.1, 0.15) is 17.0 Å². The van der Waals surface area contributed by atoms with Crippen LogP contribution in [0.5, 0.6) is 5.75 Å². The van der Waals surface area contributed by atoms with E-state index < -0.39 is 10.5 Å². The highest BCUT2D eigenvalue weighted by molar-refractivity contribution is 6.01. The molecule has 2 fully saturated rings. The predicted molar refractivity (Wildman–Crippen MR) is 128 cm³/mol. The van der Waals surface area contributed by atoms with E-state index in [1.807, 2.05) is 30.9 Å². The van der Waals surface area contributed by atoms with Crippen LogP contribution in [0.1, 0.15) is 63.9 Å². The number of fused-ring (bicyclic) bond motifs is 1. The molecular weight excluding hydrogens is 434 g/mol. The molecule has 5 rings (SSSR count). The van der Waals surface area contributed by atoms with Crippen LogP contribution in [-0.2, 0) is 0 Å². The van der Waals surface area contributed by atoms with Crippen LogP contribution < -0.4 is 9.64 Å². The number of amides is 1. The van der Waals surface area contributed by atoms with Gasteiger partial charge in [0.25, 0.3) is 11.6 Å². The number of hydrogen-bond donors (Lipinski definition) is 0. The van der Waals surface area contributed by atoms with Gasteiger partial charge in [-0.25, -0.2) is 0 Å². The van der Waals surface area contributed by atoms with Crippen LogP contribution in [0.2, 0.25) is 0 Å². The Morgan fingerprint density at radius 2 is 1.71 bits per heavy atom. The lowest BCUT2D eigenvalue weighted by atomic mass is 9.81. The molecule has 2 saturated heterocycles. The Balaban J connectivity index is 1.32. The van der Waals surface area contributed by atoms with E-state index in [4.69, 9.17) is 4.74 Å². The van der Waals surface area contributed by atoms with E-state index in [9.17, 15) is 19.7 Å². The molecule has 2 aromatic rings. The number of nitro groups is 1. The largest absolute Gasteiger partial charge is 0.486 e. The number of carbonyl (C=O) groups is 2. The monoisotopic (exact) mass is 463 g/mol. The Kier molecular flexibility index (Phi) is 5.54. The van der Waals surface area contributed by atoms with Gasteiger partial charge in [-0.15, -0.1) is 0 Å². The molecule has 34 heavy (non-hydrogen) atoms. The first-order chi connectivity index (χ1) is 16.3. The summed E-state index contributed by atoms with van der Waals surface area (Å²) >= 11 is 0. The Hall–Kier alpha value is -3.42. The number of hydrogen-bond acceptors (Lipinski definition) is 6. The number of nitro benzene ring substituents is 1. The molecule has 8 heteroatoms. The average Bonchev–Trinajstić information content (AvgIpc) is 3.35. The van der Waals surface area contributed by atoms with Crippen molar-refractivity contribution < 1.29 is 19.2 Å². The highest BCUT2D eigenvalue weighted by atomic mass is 16.6. The molecule has 178 valence electrons. The van der Waals surface area contributed by atoms with E-state index in [0.29, 0.717) is 54.9 Å². The lowest BCUT2D eigenvalue weighted by Crippen LogP contribution is -2.52. The number of aryl methyl sites for hydroxylation is 2. The summed E-state index contributed by atoms with van der Waals surface area (Å²) in [5.74, 6) is 0.490. The number of carbonyl (C=O) groups excluding carboxylic acids is 2. The van der Waals surface area contributed by atoms with Crippen molar-refractivity contribution in [1.82, 2.24) is 4.90 Å². The van der Waals surface area contributed by atoms with Gasteiger partial charge in [0, 0.05) is 50.7 Å². The number of anilines is 1. The molecular formula is C26H29N3O5. The molecule has 1 spiro atoms. The number of nitrogens with zero attached hydrogens (tertiary/aromatic N) is 3. The maximum Gasteiger partial charge on any atom is 0.293 e. The van der Waals surface area contributed by atoms with Crippen molar-refractivity contribution in [2.24, 2.45) is 0 Å². The third kappa shape index (κ3) is 3.91. The Morgan fingerprint density at radius 1 is 1.03 bits per heavy atom. The number of piperidine rings is 1. The zero-order chi connectivity index (χ0) is 24.0. The summed E-state index contributed by atoms with van der Waals surface area (Å²) < 4.78 is 6.37. The zero-order valence-electron chi connectivity index (χ0n) is 19.6. The standard InChI is InChI=1S/C26H29N3O5/c1-17-13-20-23(30)16-26(34-24(20)14-18(17)2)7-11-28(12-8-26)25(31)19-5-6-21(22(15-19)29(32)33)27-9-3-4-10-27/h5-6,13-15H,3-4,7-12,16H2,1-2H3. The molecule has 3 aliphatic rings. The second-order valence-electron chi connectivity index (χ2n) is 9.76. The van der Waals surface area contributed by atoms with E-state index in [2.05, 4.69) is 0 Å². The SMILES string of the molecule is Cc1cc2c(cc1C)C(=O)CC1(CCN(C(=O)c3ccc(N4CCCC4)c([N+](=O)[O-])c3)CC1)O2. The van der Waals surface area contributed by atoms with Gasteiger partial charge in [0.15, 0.2) is 5.78 Å². The van der Waals surface area contributed by atoms with E-state index in [1.54, 1.807) is 17.0 Å². The van der Waals surface area contributed by atoms with Crippen molar-refractivity contribution in [1.29, 1.82) is 0 Å². The Bertz CT molecular complexity index is 1180. The molecule has 8 nitrogen and oxygen atoms in total. The smallest absolute Gasteiger partial charge is 0.293 e. The number of likely N-dealkylation sites (tertiary alicyclic amines) is 1. The summed E-state index contributed by atoms with van der Waals surface area (Å²) in [5.41, 5.74) is 3.06. The maximum atomic E-state index is 13.2. The molecule has 0 radical (unpaired) electrons. The third-order valence-electron chi connectivity index (χ3n) is 7.53. The minimum absolute atomic E-state index is 0.0234. The van der Waals surface area contributed by atoms with Crippen LogP contribution in [0.4, 0.5) is 11.4 Å². The molecule has 0 atom stereocenters. The molecule has 2 aromatic carbocycles. The van der Waals surface area contributed by atoms with E-state index in [0.717, 1.165) is 37.1 Å². The van der Waals surface area contributed by atoms with Crippen molar-refractivity contribution in [3.63, 3.8) is 0 Å². The fourth-order valence-electron chi connectivity index (χ4n) is 5.36. The van der Waals surface area contributed by atoms with Gasteiger partial charge in [-0.3, -0.25) is 19.7 Å². The zero-order valence-corrected chi connectivity index (χ0v) is 19.6. The fourth-order valence-corrected chi connectivity index (χ4v) is 5.36. The molecule has 0 N–H and O–H groups in total. The van der Waals surface area contributed by atoms with Crippen LogP contribution in [-0.4, -0.2) is 53.3 Å². The average molecular weight is 464 g/mol. The van der Waals surface area contributed by atoms with Gasteiger partial charge < -0.3 is 14.5 Å². The van der Waals surface area contributed by atoms with Crippen molar-refractivity contribution in [3.8, 4) is 5.75 Å². The van der Waals surface area contributed by atoms with Crippen LogP contribution in [0.15, 0.2) is 30.3 Å². The number of ether oxygens (including phenoxy) is 1. The molecule has 3 heterocycles. The van der Waals surface area contributed by atoms with Crippen molar-refractivity contribution >= 4 is 23.1 Å². The number of Topliss-reactive ketones (excluding diaryl/α,β-unsaturated/α-hetero) is 1. The van der Waals surface area contributed by atoms with Crippen LogP contribution in [0.3, 0.4) is 0 Å². The number of ketones is 1. The summed E-state index contributed by atoms with van der Waals surface area (Å²) in [5, 5.41) is 11.7. The highest BCUT2D eigenvalue weighted by Gasteiger charge is 2.44. The summed E-state index contributed by atoms with van der Waals surface area (Å²) in [4.78, 5) is 41.1. The first kappa shape index (κ1) is 22.4. The second-order valence-corrected chi connectivity index (χ2v) is 9.76. The van der Waals surface area contributed by atoms with E-state index in [-0.39, 0.29) is 17.4 Å². The molecule has 0 saturated carbocycles. The van der Waals surface area contributed by atoms with Gasteiger partial charge >= 0.3 is 0 Å². The first-order valence-electron chi connectivity index (χ1n) is 11.9. The molecule has 0 unspecified atom stereocenters. The predicted octanol–water partition coefficient (Wildman–Crippen LogP) is 4.45. The molecule has 0 aliphatic carbocycles. The number of benzene rings is 2. The van der Waals surface area contributed by atoms with Crippen LogP contribution in [0, 0.1) is 24.0 Å². The summed E-state index contributed by atoms with van der Waals surface area (Å²) in [6, 6.07) is 8.63. The summed E-state index contributed by atoms with van der Waals surface area (Å²) in [7, 11) is 0. The molecule has 3 aliphatic heterocycles. The fraction of sp³-hybridized carbons (Fsp3) is 0.462. The minimum atomic E-state index is -0.603. The van der Waals surface area contributed by atoms with Crippen LogP contribution in [0.25, 0.3) is 0 Å². The van der Waals surface area contributed by atoms with Crippen molar-refractivity contribution in [2.75, 3.05) is 31.1 Å². The Morgan fingerprint density at radius 3 is 2.38 bits per heavy atom. The van der Waals surface area contributed by atoms with Crippen molar-refractivity contribution in [3.05, 3.63) is 62.7 Å². The maximum absolute atomic E-state index is 13.2. The quantitative estimate of drug-likeness (QED) is 0.493. The lowest BCUT2D eigenvalue weighted by Gasteiger charge is -2.44. The molecule has 1 amide bonds. The summed E-state index contributed by atoms with van der Waals surface area (Å²) in [6.45, 7) is 6.45. The van der Waals surface area contributed by atoms with Crippen LogP contribution >= 0.6 is 0 Å². The van der Waals surface area contributed by atoms with Gasteiger partial charge in [-0.05, 0) is 62.1 Å². The lowest BCUT2D eigenvalue weighted by molar-refractivity contribution is -0.384. The molecule has 0 aromatic heterocycles. The van der Waals surface area contributed by atoms with Gasteiger partial charge in [-0.2, -0.15) is 0 Å². The van der Waals surface area contributed by atoms with Gasteiger partial charge in [0.05, 0.1) is 16.9 Å². The second kappa shape index (κ2) is 8.42. The third-order valence-corrected chi connectivity index (χ3v) is 7.53. The normalized spacial score (nSPS) is 19.2. The van der Waals surface area contributed by atoms with E-state index in [1.165, 1.54) is 6.07 Å². The van der Waals surface area contributed by atoms with Gasteiger partial charge in [-0.1, -0.05) is 0 Å². The molecule has 0 bridgehead atoms. The van der Waals surface area contributed by atoms with Gasteiger partial charge in [0.2, 0.25) is 0 Å². The topological polar surface area (TPSA) is 93.0 Å². The first-order valence-corrected chi connectivity index (χ1v) is 11.9.